The van der Waals surface area contributed by atoms with Gasteiger partial charge in [-0.2, -0.15) is 0 Å². The number of fused-ring (bicyclic) bond motifs is 1. The van der Waals surface area contributed by atoms with Gasteiger partial charge in [0.2, 0.25) is 0 Å². The van der Waals surface area contributed by atoms with Crippen molar-refractivity contribution in [2.45, 2.75) is 44.6 Å². The van der Waals surface area contributed by atoms with Crippen LogP contribution in [0.1, 0.15) is 50.1 Å². The third kappa shape index (κ3) is 2.91. The highest BCUT2D eigenvalue weighted by Gasteiger charge is 2.24. The minimum atomic E-state index is 0.148. The Kier molecular flexibility index (Phi) is 4.43. The number of nitrogens with two attached hydrogens (primary N) is 1. The van der Waals surface area contributed by atoms with Gasteiger partial charge in [0.15, 0.2) is 11.5 Å². The first-order valence-corrected chi connectivity index (χ1v) is 7.73. The maximum atomic E-state index is 5.81. The van der Waals surface area contributed by atoms with E-state index in [1.54, 1.807) is 0 Å². The Hall–Kier alpha value is -1.26. The van der Waals surface area contributed by atoms with Gasteiger partial charge in [-0.1, -0.05) is 44.2 Å². The molecule has 1 saturated carbocycles. The second-order valence-electron chi connectivity index (χ2n) is 5.83. The number of rotatable bonds is 4. The van der Waals surface area contributed by atoms with Crippen LogP contribution in [0.15, 0.2) is 18.2 Å². The largest absolute Gasteiger partial charge is 0.486 e. The summed E-state index contributed by atoms with van der Waals surface area (Å²) in [5.41, 5.74) is 4.11. The second kappa shape index (κ2) is 6.46. The number of benzene rings is 1. The zero-order valence-corrected chi connectivity index (χ0v) is 11.9. The van der Waals surface area contributed by atoms with E-state index >= 15 is 0 Å². The molecule has 4 heteroatoms. The van der Waals surface area contributed by atoms with Crippen molar-refractivity contribution in [3.63, 3.8) is 0 Å². The molecule has 1 fully saturated rings. The lowest BCUT2D eigenvalue weighted by Gasteiger charge is -2.29. The molecule has 110 valence electrons. The van der Waals surface area contributed by atoms with E-state index in [0.717, 1.165) is 29.4 Å². The number of nitrogens with one attached hydrogen (secondary N) is 1. The maximum Gasteiger partial charge on any atom is 0.166 e. The monoisotopic (exact) mass is 276 g/mol. The fraction of sp³-hybridized carbons (Fsp3) is 0.625. The number of hydrogen-bond acceptors (Lipinski definition) is 4. The molecule has 20 heavy (non-hydrogen) atoms. The molecule has 0 amide bonds. The van der Waals surface area contributed by atoms with Crippen molar-refractivity contribution in [2.75, 3.05) is 13.2 Å². The van der Waals surface area contributed by atoms with E-state index in [0.29, 0.717) is 13.2 Å². The molecular formula is C16H24N2O2. The standard InChI is InChI=1S/C16H24N2O2/c17-18-14(11-12-5-2-1-3-6-12)13-7-4-8-15-16(13)20-10-9-19-15/h4,7-8,12,14,18H,1-3,5-6,9-11,17H2. The van der Waals surface area contributed by atoms with Crippen LogP contribution in [0, 0.1) is 5.92 Å². The van der Waals surface area contributed by atoms with Crippen molar-refractivity contribution >= 4 is 0 Å². The first-order chi connectivity index (χ1) is 9.88. The lowest BCUT2D eigenvalue weighted by molar-refractivity contribution is 0.167. The Morgan fingerprint density at radius 1 is 1.15 bits per heavy atom. The number of para-hydroxylation sites is 1. The molecule has 1 unspecified atom stereocenters. The van der Waals surface area contributed by atoms with Crippen molar-refractivity contribution in [3.8, 4) is 11.5 Å². The van der Waals surface area contributed by atoms with Crippen LogP contribution in [-0.4, -0.2) is 13.2 Å². The molecule has 3 N–H and O–H groups in total. The minimum absolute atomic E-state index is 0.148. The van der Waals surface area contributed by atoms with Gasteiger partial charge in [0.05, 0.1) is 6.04 Å². The Balaban J connectivity index is 1.78. The quantitative estimate of drug-likeness (QED) is 0.656. The topological polar surface area (TPSA) is 56.5 Å². The van der Waals surface area contributed by atoms with Gasteiger partial charge in [0.25, 0.3) is 0 Å². The zero-order chi connectivity index (χ0) is 13.8. The first kappa shape index (κ1) is 13.7. The van der Waals surface area contributed by atoms with E-state index in [9.17, 15) is 0 Å². The predicted molar refractivity (Wildman–Crippen MR) is 78.7 cm³/mol. The lowest BCUT2D eigenvalue weighted by atomic mass is 9.83. The summed E-state index contributed by atoms with van der Waals surface area (Å²) in [4.78, 5) is 0. The molecule has 1 aliphatic heterocycles. The molecule has 0 aromatic heterocycles. The summed E-state index contributed by atoms with van der Waals surface area (Å²) < 4.78 is 11.5. The number of ether oxygens (including phenoxy) is 2. The van der Waals surface area contributed by atoms with Crippen LogP contribution in [-0.2, 0) is 0 Å². The summed E-state index contributed by atoms with van der Waals surface area (Å²) in [6.07, 6.45) is 7.82. The Morgan fingerprint density at radius 2 is 1.95 bits per heavy atom. The Morgan fingerprint density at radius 3 is 2.75 bits per heavy atom. The number of hydrogen-bond donors (Lipinski definition) is 2. The summed E-state index contributed by atoms with van der Waals surface area (Å²) in [5, 5.41) is 0. The third-order valence-electron chi connectivity index (χ3n) is 4.47. The van der Waals surface area contributed by atoms with Gasteiger partial charge in [-0.3, -0.25) is 11.3 Å². The first-order valence-electron chi connectivity index (χ1n) is 7.73. The van der Waals surface area contributed by atoms with Crippen molar-refractivity contribution in [3.05, 3.63) is 23.8 Å². The third-order valence-corrected chi connectivity index (χ3v) is 4.47. The fourth-order valence-corrected chi connectivity index (χ4v) is 3.41. The molecule has 0 radical (unpaired) electrons. The smallest absolute Gasteiger partial charge is 0.166 e. The highest BCUT2D eigenvalue weighted by atomic mass is 16.6. The van der Waals surface area contributed by atoms with Crippen molar-refractivity contribution < 1.29 is 9.47 Å². The highest BCUT2D eigenvalue weighted by molar-refractivity contribution is 5.48. The van der Waals surface area contributed by atoms with Gasteiger partial charge in [-0.25, -0.2) is 0 Å². The summed E-state index contributed by atoms with van der Waals surface area (Å²) in [6, 6.07) is 6.23. The summed E-state index contributed by atoms with van der Waals surface area (Å²) >= 11 is 0. The van der Waals surface area contributed by atoms with E-state index in [2.05, 4.69) is 11.5 Å². The van der Waals surface area contributed by atoms with Crippen LogP contribution in [0.4, 0.5) is 0 Å². The minimum Gasteiger partial charge on any atom is -0.486 e. The van der Waals surface area contributed by atoms with Gasteiger partial charge in [0.1, 0.15) is 13.2 Å². The van der Waals surface area contributed by atoms with Crippen molar-refractivity contribution in [1.29, 1.82) is 0 Å². The predicted octanol–water partition coefficient (Wildman–Crippen LogP) is 2.93. The van der Waals surface area contributed by atoms with Crippen LogP contribution >= 0.6 is 0 Å². The van der Waals surface area contributed by atoms with E-state index in [-0.39, 0.29) is 6.04 Å². The van der Waals surface area contributed by atoms with Crippen LogP contribution in [0.3, 0.4) is 0 Å². The van der Waals surface area contributed by atoms with E-state index < -0.39 is 0 Å². The second-order valence-corrected chi connectivity index (χ2v) is 5.83. The molecule has 0 bridgehead atoms. The molecule has 0 spiro atoms. The highest BCUT2D eigenvalue weighted by Crippen LogP contribution is 2.40. The van der Waals surface area contributed by atoms with Crippen LogP contribution in [0.25, 0.3) is 0 Å². The average Bonchev–Trinajstić information content (AvgIpc) is 2.53. The molecule has 4 nitrogen and oxygen atoms in total. The molecule has 3 rings (SSSR count). The van der Waals surface area contributed by atoms with E-state index in [4.69, 9.17) is 15.3 Å². The van der Waals surface area contributed by atoms with Gasteiger partial charge in [-0.05, 0) is 18.4 Å². The van der Waals surface area contributed by atoms with Crippen molar-refractivity contribution in [2.24, 2.45) is 11.8 Å². The normalized spacial score (nSPS) is 20.6. The van der Waals surface area contributed by atoms with Crippen LogP contribution in [0.2, 0.25) is 0 Å². The van der Waals surface area contributed by atoms with Gasteiger partial charge >= 0.3 is 0 Å². The summed E-state index contributed by atoms with van der Waals surface area (Å²) in [7, 11) is 0. The van der Waals surface area contributed by atoms with Gasteiger partial charge < -0.3 is 9.47 Å². The van der Waals surface area contributed by atoms with Crippen molar-refractivity contribution in [1.82, 2.24) is 5.43 Å². The molecule has 1 atom stereocenters. The zero-order valence-electron chi connectivity index (χ0n) is 11.9. The van der Waals surface area contributed by atoms with E-state index in [1.165, 1.54) is 32.1 Å². The SMILES string of the molecule is NNC(CC1CCCCC1)c1cccc2c1OCCO2. The van der Waals surface area contributed by atoms with Gasteiger partial charge in [-0.15, -0.1) is 0 Å². The fourth-order valence-electron chi connectivity index (χ4n) is 3.41. The Labute approximate surface area is 120 Å². The van der Waals surface area contributed by atoms with Crippen LogP contribution < -0.4 is 20.7 Å². The Bertz CT molecular complexity index is 444. The lowest BCUT2D eigenvalue weighted by Crippen LogP contribution is -2.31. The molecule has 1 aromatic rings. The molecule has 0 saturated heterocycles. The summed E-state index contributed by atoms with van der Waals surface area (Å²) in [5.74, 6) is 8.30. The molecule has 1 aromatic carbocycles. The molecule has 1 heterocycles. The average molecular weight is 276 g/mol. The maximum absolute atomic E-state index is 5.81. The van der Waals surface area contributed by atoms with Gasteiger partial charge in [0, 0.05) is 5.56 Å². The number of hydrazine groups is 1. The molecule has 1 aliphatic carbocycles. The molecule has 2 aliphatic rings. The molecular weight excluding hydrogens is 252 g/mol. The van der Waals surface area contributed by atoms with E-state index in [1.807, 2.05) is 12.1 Å². The van der Waals surface area contributed by atoms with Crippen LogP contribution in [0.5, 0.6) is 11.5 Å². The summed E-state index contributed by atoms with van der Waals surface area (Å²) in [6.45, 7) is 1.24.